The van der Waals surface area contributed by atoms with Gasteiger partial charge in [-0.1, -0.05) is 18.2 Å². The first-order chi connectivity index (χ1) is 10.6. The van der Waals surface area contributed by atoms with Crippen molar-refractivity contribution in [1.82, 2.24) is 0 Å². The van der Waals surface area contributed by atoms with Crippen LogP contribution in [0, 0.1) is 5.82 Å². The van der Waals surface area contributed by atoms with Gasteiger partial charge in [0.2, 0.25) is 5.91 Å². The molecule has 5 nitrogen and oxygen atoms in total. The number of carbonyl (C=O) groups excluding carboxylic acids is 2. The topological polar surface area (TPSA) is 60.9 Å². The van der Waals surface area contributed by atoms with Crippen molar-refractivity contribution in [3.8, 4) is 0 Å². The number of amides is 2. The molecule has 3 rings (SSSR count). The lowest BCUT2D eigenvalue weighted by Crippen LogP contribution is -2.40. The maximum absolute atomic E-state index is 13.0. The van der Waals surface area contributed by atoms with Crippen LogP contribution in [-0.4, -0.2) is 23.1 Å². The highest BCUT2D eigenvalue weighted by Gasteiger charge is 2.43. The van der Waals surface area contributed by atoms with Crippen molar-refractivity contribution in [3.05, 3.63) is 60.4 Å². The third-order valence-electron chi connectivity index (χ3n) is 3.52. The summed E-state index contributed by atoms with van der Waals surface area (Å²) in [5.41, 5.74) is 0.718. The lowest BCUT2D eigenvalue weighted by molar-refractivity contribution is -0.121. The van der Waals surface area contributed by atoms with E-state index in [2.05, 4.69) is 0 Å². The Bertz CT molecular complexity index is 703. The van der Waals surface area contributed by atoms with Crippen molar-refractivity contribution in [2.24, 2.45) is 0 Å². The molecule has 0 bridgehead atoms. The van der Waals surface area contributed by atoms with Gasteiger partial charge in [-0.15, -0.1) is 0 Å². The van der Waals surface area contributed by atoms with Gasteiger partial charge >= 0.3 is 0 Å². The summed E-state index contributed by atoms with van der Waals surface area (Å²) >= 11 is 0. The van der Waals surface area contributed by atoms with E-state index in [1.54, 1.807) is 30.3 Å². The number of imide groups is 1. The molecule has 112 valence electrons. The molecule has 2 aromatic rings. The van der Waals surface area contributed by atoms with Crippen LogP contribution in [0.3, 0.4) is 0 Å². The fourth-order valence-electron chi connectivity index (χ4n) is 2.43. The normalized spacial score (nSPS) is 17.9. The highest BCUT2D eigenvalue weighted by atomic mass is 19.1. The molecule has 22 heavy (non-hydrogen) atoms. The summed E-state index contributed by atoms with van der Waals surface area (Å²) in [5.74, 6) is -1.42. The molecule has 0 spiro atoms. The van der Waals surface area contributed by atoms with E-state index >= 15 is 0 Å². The van der Waals surface area contributed by atoms with E-state index in [1.165, 1.54) is 24.3 Å². The number of halogens is 1. The molecule has 0 aromatic heterocycles. The highest BCUT2D eigenvalue weighted by molar-refractivity contribution is 6.23. The minimum absolute atomic E-state index is 0.137. The first-order valence-corrected chi connectivity index (χ1v) is 6.73. The SMILES string of the molecule is O=C1C[C@@H](N(O)c2ccccc2)C(=O)N1c1ccc(F)cc1. The lowest BCUT2D eigenvalue weighted by atomic mass is 10.2. The molecule has 1 aliphatic heterocycles. The monoisotopic (exact) mass is 300 g/mol. The Morgan fingerprint density at radius 1 is 1.05 bits per heavy atom. The molecule has 6 heteroatoms. The van der Waals surface area contributed by atoms with Crippen molar-refractivity contribution < 1.29 is 19.2 Å². The van der Waals surface area contributed by atoms with Gasteiger partial charge in [0, 0.05) is 0 Å². The van der Waals surface area contributed by atoms with E-state index in [0.29, 0.717) is 11.4 Å². The van der Waals surface area contributed by atoms with Crippen LogP contribution < -0.4 is 9.96 Å². The molecule has 0 aliphatic carbocycles. The standard InChI is InChI=1S/C16H13FN2O3/c17-11-6-8-12(9-7-11)18-15(20)10-14(16(18)21)19(22)13-4-2-1-3-5-13/h1-9,14,22H,10H2/t14-/m1/s1. The second-order valence-corrected chi connectivity index (χ2v) is 4.94. The molecule has 1 fully saturated rings. The minimum Gasteiger partial charge on any atom is -0.288 e. The predicted molar refractivity (Wildman–Crippen MR) is 78.0 cm³/mol. The maximum atomic E-state index is 13.0. The number of anilines is 2. The van der Waals surface area contributed by atoms with E-state index in [-0.39, 0.29) is 6.42 Å². The van der Waals surface area contributed by atoms with E-state index in [4.69, 9.17) is 0 Å². The number of carbonyl (C=O) groups is 2. The number of nitrogens with zero attached hydrogens (tertiary/aromatic N) is 2. The van der Waals surface area contributed by atoms with Crippen LogP contribution in [0.4, 0.5) is 15.8 Å². The molecule has 1 atom stereocenters. The first-order valence-electron chi connectivity index (χ1n) is 6.73. The molecule has 1 saturated heterocycles. The summed E-state index contributed by atoms with van der Waals surface area (Å²) in [7, 11) is 0. The minimum atomic E-state index is -0.986. The van der Waals surface area contributed by atoms with Gasteiger partial charge in [-0.25, -0.2) is 14.4 Å². The molecule has 1 heterocycles. The van der Waals surface area contributed by atoms with Gasteiger partial charge in [0.15, 0.2) is 0 Å². The third-order valence-corrected chi connectivity index (χ3v) is 3.52. The van der Waals surface area contributed by atoms with Crippen molar-refractivity contribution >= 4 is 23.2 Å². The van der Waals surface area contributed by atoms with Crippen LogP contribution in [-0.2, 0) is 9.59 Å². The summed E-state index contributed by atoms with van der Waals surface area (Å²) in [5, 5.41) is 11.0. The largest absolute Gasteiger partial charge is 0.288 e. The lowest BCUT2D eigenvalue weighted by Gasteiger charge is -2.22. The zero-order valence-electron chi connectivity index (χ0n) is 11.5. The summed E-state index contributed by atoms with van der Waals surface area (Å²) in [6.45, 7) is 0. The fourth-order valence-corrected chi connectivity index (χ4v) is 2.43. The van der Waals surface area contributed by atoms with Crippen LogP contribution in [0.25, 0.3) is 0 Å². The summed E-state index contributed by atoms with van der Waals surface area (Å²) < 4.78 is 13.0. The molecular formula is C16H13FN2O3. The average molecular weight is 300 g/mol. The highest BCUT2D eigenvalue weighted by Crippen LogP contribution is 2.27. The Labute approximate surface area is 126 Å². The Morgan fingerprint density at radius 2 is 1.68 bits per heavy atom. The molecule has 2 aromatic carbocycles. The Kier molecular flexibility index (Phi) is 3.60. The van der Waals surface area contributed by atoms with Crippen molar-refractivity contribution in [2.75, 3.05) is 9.96 Å². The summed E-state index contributed by atoms with van der Waals surface area (Å²) in [6, 6.07) is 12.6. The van der Waals surface area contributed by atoms with Gasteiger partial charge in [0.05, 0.1) is 17.8 Å². The smallest absolute Gasteiger partial charge is 0.259 e. The zero-order valence-corrected chi connectivity index (χ0v) is 11.5. The Morgan fingerprint density at radius 3 is 2.32 bits per heavy atom. The molecule has 0 radical (unpaired) electrons. The number of hydrogen-bond acceptors (Lipinski definition) is 4. The van der Waals surface area contributed by atoms with E-state index in [9.17, 15) is 19.2 Å². The Balaban J connectivity index is 1.87. The van der Waals surface area contributed by atoms with Crippen LogP contribution in [0.2, 0.25) is 0 Å². The molecular weight excluding hydrogens is 287 g/mol. The van der Waals surface area contributed by atoms with Crippen molar-refractivity contribution in [1.29, 1.82) is 0 Å². The van der Waals surface area contributed by atoms with Crippen LogP contribution in [0.5, 0.6) is 0 Å². The number of hydroxylamine groups is 1. The van der Waals surface area contributed by atoms with Crippen LogP contribution >= 0.6 is 0 Å². The van der Waals surface area contributed by atoms with Gasteiger partial charge in [-0.3, -0.25) is 14.8 Å². The van der Waals surface area contributed by atoms with Gasteiger partial charge in [0.25, 0.3) is 5.91 Å². The first kappa shape index (κ1) is 14.2. The van der Waals surface area contributed by atoms with Crippen LogP contribution in [0.1, 0.15) is 6.42 Å². The van der Waals surface area contributed by atoms with Gasteiger partial charge in [-0.05, 0) is 36.4 Å². The molecule has 0 saturated carbocycles. The van der Waals surface area contributed by atoms with Gasteiger partial charge in [-0.2, -0.15) is 0 Å². The summed E-state index contributed by atoms with van der Waals surface area (Å²) in [4.78, 5) is 25.5. The number of benzene rings is 2. The number of hydrogen-bond donors (Lipinski definition) is 1. The number of rotatable bonds is 3. The second kappa shape index (κ2) is 5.57. The fraction of sp³-hybridized carbons (Fsp3) is 0.125. The van der Waals surface area contributed by atoms with E-state index in [1.807, 2.05) is 0 Å². The van der Waals surface area contributed by atoms with Gasteiger partial charge < -0.3 is 0 Å². The van der Waals surface area contributed by atoms with Crippen LogP contribution in [0.15, 0.2) is 54.6 Å². The predicted octanol–water partition coefficient (Wildman–Crippen LogP) is 2.35. The molecule has 2 amide bonds. The van der Waals surface area contributed by atoms with E-state index in [0.717, 1.165) is 9.96 Å². The van der Waals surface area contributed by atoms with Crippen molar-refractivity contribution in [2.45, 2.75) is 12.5 Å². The average Bonchev–Trinajstić information content (AvgIpc) is 2.83. The molecule has 0 unspecified atom stereocenters. The van der Waals surface area contributed by atoms with E-state index < -0.39 is 23.7 Å². The summed E-state index contributed by atoms with van der Waals surface area (Å²) in [6.07, 6.45) is -0.137. The van der Waals surface area contributed by atoms with Gasteiger partial charge in [0.1, 0.15) is 11.9 Å². The molecule has 1 aliphatic rings. The third kappa shape index (κ3) is 2.44. The second-order valence-electron chi connectivity index (χ2n) is 4.94. The Hall–Kier alpha value is -2.73. The zero-order chi connectivity index (χ0) is 15.7. The van der Waals surface area contributed by atoms with Crippen molar-refractivity contribution in [3.63, 3.8) is 0 Å². The number of para-hydroxylation sites is 1. The maximum Gasteiger partial charge on any atom is 0.259 e. The molecule has 1 N–H and O–H groups in total. The quantitative estimate of drug-likeness (QED) is 0.698.